The van der Waals surface area contributed by atoms with Gasteiger partial charge in [0.05, 0.1) is 48.1 Å². The van der Waals surface area contributed by atoms with Crippen LogP contribution in [-0.4, -0.2) is 44.2 Å². The Morgan fingerprint density at radius 2 is 2.10 bits per heavy atom. The fourth-order valence-electron chi connectivity index (χ4n) is 2.83. The van der Waals surface area contributed by atoms with Gasteiger partial charge in [0, 0.05) is 13.1 Å². The van der Waals surface area contributed by atoms with Crippen molar-refractivity contribution in [3.05, 3.63) is 29.3 Å². The second-order valence-electron chi connectivity index (χ2n) is 5.02. The van der Waals surface area contributed by atoms with Crippen LogP contribution in [0, 0.1) is 0 Å². The molecule has 0 amide bonds. The quantitative estimate of drug-likeness (QED) is 0.783. The molecule has 0 radical (unpaired) electrons. The molecule has 2 aliphatic heterocycles. The van der Waals surface area contributed by atoms with E-state index in [-0.39, 0.29) is 12.1 Å². The van der Waals surface area contributed by atoms with Crippen LogP contribution in [0.4, 0.5) is 5.95 Å². The maximum atomic E-state index is 5.88. The van der Waals surface area contributed by atoms with Gasteiger partial charge in [-0.15, -0.1) is 5.10 Å². The normalized spacial score (nSPS) is 25.1. The first-order chi connectivity index (χ1) is 9.81. The molecule has 0 N–H and O–H groups in total. The zero-order valence-electron chi connectivity index (χ0n) is 10.7. The van der Waals surface area contributed by atoms with Crippen molar-refractivity contribution in [2.45, 2.75) is 25.2 Å². The van der Waals surface area contributed by atoms with Crippen LogP contribution >= 0.6 is 11.6 Å². The summed E-state index contributed by atoms with van der Waals surface area (Å²) in [6.07, 6.45) is 6.11. The molecule has 0 aliphatic carbocycles. The molecule has 2 aliphatic rings. The second kappa shape index (κ2) is 4.68. The summed E-state index contributed by atoms with van der Waals surface area (Å²) in [5.74, 6) is 0.695. The second-order valence-corrected chi connectivity index (χ2v) is 5.46. The molecule has 0 saturated carbocycles. The Kier molecular flexibility index (Phi) is 2.82. The number of ether oxygens (including phenoxy) is 1. The van der Waals surface area contributed by atoms with Gasteiger partial charge in [0.15, 0.2) is 0 Å². The molecule has 4 heterocycles. The van der Waals surface area contributed by atoms with E-state index in [1.54, 1.807) is 18.6 Å². The number of piperidine rings is 1. The highest BCUT2D eigenvalue weighted by Crippen LogP contribution is 2.31. The molecular formula is C12H13ClN6O. The summed E-state index contributed by atoms with van der Waals surface area (Å²) < 4.78 is 7.85. The Morgan fingerprint density at radius 1 is 1.25 bits per heavy atom. The molecule has 1 saturated heterocycles. The maximum absolute atomic E-state index is 5.88. The van der Waals surface area contributed by atoms with Gasteiger partial charge >= 0.3 is 0 Å². The van der Waals surface area contributed by atoms with Crippen LogP contribution in [0.3, 0.4) is 0 Å². The van der Waals surface area contributed by atoms with E-state index in [1.807, 2.05) is 4.68 Å². The van der Waals surface area contributed by atoms with Crippen molar-refractivity contribution in [3.8, 4) is 0 Å². The minimum absolute atomic E-state index is 0.161. The predicted octanol–water partition coefficient (Wildman–Crippen LogP) is 1.07. The maximum Gasteiger partial charge on any atom is 0.225 e. The Hall–Kier alpha value is -1.73. The Morgan fingerprint density at radius 3 is 2.95 bits per heavy atom. The standard InChI is InChI=1S/C12H13ClN6O/c13-8-3-14-12(15-4-8)18-2-1-11-10(6-18)19-9(7-20-11)5-16-17-19/h3-5,10-11H,1-2,6-7H2/t10-,11-/m0/s1. The zero-order valence-corrected chi connectivity index (χ0v) is 11.4. The number of anilines is 1. The third kappa shape index (κ3) is 1.94. The van der Waals surface area contributed by atoms with Gasteiger partial charge in [0.1, 0.15) is 0 Å². The molecular weight excluding hydrogens is 280 g/mol. The van der Waals surface area contributed by atoms with Crippen LogP contribution in [0.15, 0.2) is 18.6 Å². The minimum atomic E-state index is 0.161. The topological polar surface area (TPSA) is 69.0 Å². The summed E-state index contributed by atoms with van der Waals surface area (Å²) in [6, 6.07) is 0.161. The third-order valence-electron chi connectivity index (χ3n) is 3.82. The van der Waals surface area contributed by atoms with E-state index in [9.17, 15) is 0 Å². The first kappa shape index (κ1) is 12.0. The molecule has 2 aromatic heterocycles. The first-order valence-electron chi connectivity index (χ1n) is 6.54. The van der Waals surface area contributed by atoms with Gasteiger partial charge in [0.25, 0.3) is 0 Å². The molecule has 0 bridgehead atoms. The smallest absolute Gasteiger partial charge is 0.225 e. The van der Waals surface area contributed by atoms with Crippen LogP contribution in [0.25, 0.3) is 0 Å². The molecule has 0 aromatic carbocycles. The Bertz CT molecular complexity index is 615. The van der Waals surface area contributed by atoms with Gasteiger partial charge in [-0.25, -0.2) is 14.6 Å². The molecule has 8 heteroatoms. The molecule has 2 atom stereocenters. The molecule has 2 aromatic rings. The fourth-order valence-corrected chi connectivity index (χ4v) is 2.93. The van der Waals surface area contributed by atoms with Gasteiger partial charge < -0.3 is 9.64 Å². The van der Waals surface area contributed by atoms with Gasteiger partial charge in [0.2, 0.25) is 5.95 Å². The monoisotopic (exact) mass is 292 g/mol. The summed E-state index contributed by atoms with van der Waals surface area (Å²) in [5, 5.41) is 8.70. The van der Waals surface area contributed by atoms with Crippen LogP contribution in [0.2, 0.25) is 5.02 Å². The molecule has 104 valence electrons. The van der Waals surface area contributed by atoms with Crippen molar-refractivity contribution in [2.24, 2.45) is 0 Å². The van der Waals surface area contributed by atoms with Gasteiger partial charge in [-0.3, -0.25) is 0 Å². The highest BCUT2D eigenvalue weighted by Gasteiger charge is 2.37. The number of halogens is 1. The van der Waals surface area contributed by atoms with Crippen LogP contribution < -0.4 is 4.90 Å². The van der Waals surface area contributed by atoms with Crippen LogP contribution in [-0.2, 0) is 11.3 Å². The van der Waals surface area contributed by atoms with E-state index < -0.39 is 0 Å². The summed E-state index contributed by atoms with van der Waals surface area (Å²) in [6.45, 7) is 2.22. The lowest BCUT2D eigenvalue weighted by Crippen LogP contribution is -2.48. The average Bonchev–Trinajstić information content (AvgIpc) is 2.96. The van der Waals surface area contributed by atoms with E-state index in [2.05, 4.69) is 25.2 Å². The van der Waals surface area contributed by atoms with Crippen molar-refractivity contribution >= 4 is 17.5 Å². The average molecular weight is 293 g/mol. The summed E-state index contributed by atoms with van der Waals surface area (Å²) in [7, 11) is 0. The van der Waals surface area contributed by atoms with Gasteiger partial charge in [-0.05, 0) is 6.42 Å². The van der Waals surface area contributed by atoms with Crippen molar-refractivity contribution < 1.29 is 4.74 Å². The summed E-state index contributed by atoms with van der Waals surface area (Å²) in [4.78, 5) is 10.7. The number of rotatable bonds is 1. The number of fused-ring (bicyclic) bond motifs is 3. The van der Waals surface area contributed by atoms with E-state index >= 15 is 0 Å². The van der Waals surface area contributed by atoms with E-state index in [1.165, 1.54) is 0 Å². The van der Waals surface area contributed by atoms with Crippen molar-refractivity contribution in [2.75, 3.05) is 18.0 Å². The van der Waals surface area contributed by atoms with E-state index in [0.717, 1.165) is 25.2 Å². The number of hydrogen-bond donors (Lipinski definition) is 0. The third-order valence-corrected chi connectivity index (χ3v) is 4.01. The van der Waals surface area contributed by atoms with Crippen LogP contribution in [0.5, 0.6) is 0 Å². The lowest BCUT2D eigenvalue weighted by molar-refractivity contribution is -0.0374. The fraction of sp³-hybridized carbons (Fsp3) is 0.500. The molecule has 4 rings (SSSR count). The number of nitrogens with zero attached hydrogens (tertiary/aromatic N) is 6. The van der Waals surface area contributed by atoms with E-state index in [0.29, 0.717) is 17.6 Å². The highest BCUT2D eigenvalue weighted by molar-refractivity contribution is 6.30. The minimum Gasteiger partial charge on any atom is -0.370 e. The molecule has 0 spiro atoms. The molecule has 20 heavy (non-hydrogen) atoms. The number of aromatic nitrogens is 5. The van der Waals surface area contributed by atoms with Crippen LogP contribution in [0.1, 0.15) is 18.2 Å². The summed E-state index contributed by atoms with van der Waals surface area (Å²) >= 11 is 5.83. The molecule has 1 fully saturated rings. The van der Waals surface area contributed by atoms with Crippen molar-refractivity contribution in [1.29, 1.82) is 0 Å². The molecule has 7 nitrogen and oxygen atoms in total. The molecule has 0 unspecified atom stereocenters. The largest absolute Gasteiger partial charge is 0.370 e. The Balaban J connectivity index is 1.61. The van der Waals surface area contributed by atoms with Gasteiger partial charge in [-0.1, -0.05) is 16.8 Å². The predicted molar refractivity (Wildman–Crippen MR) is 71.5 cm³/mol. The first-order valence-corrected chi connectivity index (χ1v) is 6.92. The summed E-state index contributed by atoms with van der Waals surface area (Å²) in [5.41, 5.74) is 1.02. The SMILES string of the molecule is Clc1cnc(N2CC[C@@H]3OCc4cnnn4[C@H]3C2)nc1. The van der Waals surface area contributed by atoms with Crippen molar-refractivity contribution in [3.63, 3.8) is 0 Å². The zero-order chi connectivity index (χ0) is 13.5. The number of hydrogen-bond acceptors (Lipinski definition) is 6. The van der Waals surface area contributed by atoms with Gasteiger partial charge in [-0.2, -0.15) is 0 Å². The lowest BCUT2D eigenvalue weighted by atomic mass is 10.0. The van der Waals surface area contributed by atoms with E-state index in [4.69, 9.17) is 16.3 Å². The Labute approximate surface area is 120 Å². The lowest BCUT2D eigenvalue weighted by Gasteiger charge is -2.40. The highest BCUT2D eigenvalue weighted by atomic mass is 35.5. The van der Waals surface area contributed by atoms with Crippen molar-refractivity contribution in [1.82, 2.24) is 25.0 Å².